The molecule has 0 aromatic rings. The fraction of sp³-hybridized carbons (Fsp3) is 0.333. The summed E-state index contributed by atoms with van der Waals surface area (Å²) < 4.78 is 2.46. The molecule has 3 nitrogen and oxygen atoms in total. The Morgan fingerprint density at radius 1 is 1.21 bits per heavy atom. The minimum absolute atomic E-state index is 0.765. The SMILES string of the molecule is O=C(Cl)C=CC(=O)OC(Cl)C(Cl)(Cl)Cl. The van der Waals surface area contributed by atoms with E-state index in [2.05, 4.69) is 4.74 Å². The number of esters is 1. The summed E-state index contributed by atoms with van der Waals surface area (Å²) in [6.45, 7) is 0. The molecule has 8 heteroatoms. The van der Waals surface area contributed by atoms with Crippen LogP contribution >= 0.6 is 58.0 Å². The van der Waals surface area contributed by atoms with Crippen LogP contribution in [0, 0.1) is 0 Å². The normalized spacial score (nSPS) is 14.1. The van der Waals surface area contributed by atoms with Gasteiger partial charge >= 0.3 is 5.97 Å². The van der Waals surface area contributed by atoms with E-state index in [1.54, 1.807) is 0 Å². The highest BCUT2D eigenvalue weighted by molar-refractivity contribution is 6.70. The number of hydrogen-bond acceptors (Lipinski definition) is 3. The van der Waals surface area contributed by atoms with E-state index in [1.807, 2.05) is 0 Å². The Balaban J connectivity index is 4.14. The van der Waals surface area contributed by atoms with Gasteiger partial charge in [-0.2, -0.15) is 0 Å². The molecule has 0 heterocycles. The highest BCUT2D eigenvalue weighted by atomic mass is 35.6. The van der Waals surface area contributed by atoms with E-state index >= 15 is 0 Å². The second kappa shape index (κ2) is 6.03. The average Bonchev–Trinajstić information content (AvgIpc) is 1.99. The Morgan fingerprint density at radius 2 is 1.71 bits per heavy atom. The molecule has 0 N–H and O–H groups in total. The van der Waals surface area contributed by atoms with Gasteiger partial charge in [0.25, 0.3) is 0 Å². The molecule has 0 aromatic carbocycles. The van der Waals surface area contributed by atoms with Crippen molar-refractivity contribution in [1.29, 1.82) is 0 Å². The van der Waals surface area contributed by atoms with Crippen molar-refractivity contribution in [3.05, 3.63) is 12.2 Å². The van der Waals surface area contributed by atoms with Crippen LogP contribution in [-0.2, 0) is 14.3 Å². The third kappa shape index (κ3) is 6.74. The number of carbonyl (C=O) groups is 2. The first-order valence-electron chi connectivity index (χ1n) is 3.02. The highest BCUT2D eigenvalue weighted by Gasteiger charge is 2.33. The molecule has 0 saturated heterocycles. The van der Waals surface area contributed by atoms with E-state index in [0.29, 0.717) is 0 Å². The van der Waals surface area contributed by atoms with Crippen LogP contribution in [0.5, 0.6) is 0 Å². The van der Waals surface area contributed by atoms with Crippen LogP contribution in [0.4, 0.5) is 0 Å². The Bertz CT molecular complexity index is 257. The van der Waals surface area contributed by atoms with Crippen molar-refractivity contribution >= 4 is 69.2 Å². The van der Waals surface area contributed by atoms with Gasteiger partial charge in [0.15, 0.2) is 0 Å². The van der Waals surface area contributed by atoms with Crippen molar-refractivity contribution in [2.24, 2.45) is 0 Å². The molecule has 14 heavy (non-hydrogen) atoms. The summed E-state index contributed by atoms with van der Waals surface area (Å²) in [5.74, 6) is -0.940. The van der Waals surface area contributed by atoms with Crippen LogP contribution in [-0.4, -0.2) is 20.6 Å². The molecule has 0 aliphatic heterocycles. The smallest absolute Gasteiger partial charge is 0.332 e. The standard InChI is InChI=1S/C6H3Cl5O3/c7-3(12)1-2-4(13)14-5(8)6(9,10)11/h1-2,5H. The molecule has 0 fully saturated rings. The van der Waals surface area contributed by atoms with Gasteiger partial charge in [0.2, 0.25) is 14.6 Å². The summed E-state index contributed by atoms with van der Waals surface area (Å²) in [7, 11) is 0. The first kappa shape index (κ1) is 14.3. The van der Waals surface area contributed by atoms with Gasteiger partial charge in [-0.1, -0.05) is 46.4 Å². The van der Waals surface area contributed by atoms with E-state index in [0.717, 1.165) is 12.2 Å². The maximum absolute atomic E-state index is 10.8. The number of ether oxygens (including phenoxy) is 1. The van der Waals surface area contributed by atoms with Gasteiger partial charge in [-0.15, -0.1) is 0 Å². The molecule has 0 aliphatic carbocycles. The molecular weight excluding hydrogens is 297 g/mol. The van der Waals surface area contributed by atoms with Crippen molar-refractivity contribution in [2.45, 2.75) is 9.36 Å². The van der Waals surface area contributed by atoms with Crippen molar-refractivity contribution in [3.8, 4) is 0 Å². The first-order valence-corrected chi connectivity index (χ1v) is 4.97. The fourth-order valence-electron chi connectivity index (χ4n) is 0.342. The van der Waals surface area contributed by atoms with Gasteiger partial charge in [-0.3, -0.25) is 4.79 Å². The lowest BCUT2D eigenvalue weighted by atomic mass is 10.5. The van der Waals surface area contributed by atoms with Crippen molar-refractivity contribution < 1.29 is 14.3 Å². The zero-order chi connectivity index (χ0) is 11.4. The largest absolute Gasteiger partial charge is 0.438 e. The minimum atomic E-state index is -1.93. The van der Waals surface area contributed by atoms with Crippen molar-refractivity contribution in [1.82, 2.24) is 0 Å². The Labute approximate surface area is 105 Å². The van der Waals surface area contributed by atoms with E-state index in [9.17, 15) is 9.59 Å². The molecule has 0 bridgehead atoms. The summed E-state index contributed by atoms with van der Waals surface area (Å²) >= 11 is 26.2. The second-order valence-electron chi connectivity index (χ2n) is 1.93. The predicted molar refractivity (Wildman–Crippen MR) is 56.0 cm³/mol. The first-order chi connectivity index (χ1) is 6.23. The summed E-state index contributed by atoms with van der Waals surface area (Å²) in [6.07, 6.45) is 1.55. The zero-order valence-electron chi connectivity index (χ0n) is 6.35. The number of allylic oxidation sites excluding steroid dienone is 1. The fourth-order valence-corrected chi connectivity index (χ4v) is 0.626. The third-order valence-electron chi connectivity index (χ3n) is 0.827. The van der Waals surface area contributed by atoms with Crippen LogP contribution in [0.1, 0.15) is 0 Å². The highest BCUT2D eigenvalue weighted by Crippen LogP contribution is 2.34. The lowest BCUT2D eigenvalue weighted by Crippen LogP contribution is -2.25. The van der Waals surface area contributed by atoms with Crippen LogP contribution < -0.4 is 0 Å². The van der Waals surface area contributed by atoms with Gasteiger partial charge in [0, 0.05) is 12.2 Å². The number of alkyl halides is 4. The molecule has 1 unspecified atom stereocenters. The van der Waals surface area contributed by atoms with E-state index in [1.165, 1.54) is 0 Å². The number of halogens is 5. The molecule has 0 rings (SSSR count). The molecule has 0 aliphatic rings. The van der Waals surface area contributed by atoms with Gasteiger partial charge in [-0.25, -0.2) is 4.79 Å². The third-order valence-corrected chi connectivity index (χ3v) is 2.30. The Morgan fingerprint density at radius 3 is 2.07 bits per heavy atom. The van der Waals surface area contributed by atoms with Gasteiger partial charge < -0.3 is 4.74 Å². The monoisotopic (exact) mass is 298 g/mol. The van der Waals surface area contributed by atoms with Crippen LogP contribution in [0.3, 0.4) is 0 Å². The maximum atomic E-state index is 10.8. The number of rotatable bonds is 3. The Kier molecular flexibility index (Phi) is 6.17. The topological polar surface area (TPSA) is 43.4 Å². The zero-order valence-corrected chi connectivity index (χ0v) is 10.1. The maximum Gasteiger partial charge on any atom is 0.332 e. The van der Waals surface area contributed by atoms with Gasteiger partial charge in [-0.05, 0) is 11.6 Å². The van der Waals surface area contributed by atoms with Crippen molar-refractivity contribution in [2.75, 3.05) is 0 Å². The van der Waals surface area contributed by atoms with E-state index in [4.69, 9.17) is 58.0 Å². The molecule has 0 saturated carbocycles. The summed E-state index contributed by atoms with van der Waals surface area (Å²) in [5, 5.41) is -0.832. The summed E-state index contributed by atoms with van der Waals surface area (Å²) in [5.41, 5.74) is -1.45. The molecule has 0 aromatic heterocycles. The van der Waals surface area contributed by atoms with E-state index in [-0.39, 0.29) is 0 Å². The number of hydrogen-bond donors (Lipinski definition) is 0. The quantitative estimate of drug-likeness (QED) is 0.348. The molecule has 1 atom stereocenters. The lowest BCUT2D eigenvalue weighted by Gasteiger charge is -2.16. The second-order valence-corrected chi connectivity index (χ2v) is 5.07. The summed E-state index contributed by atoms with van der Waals surface area (Å²) in [4.78, 5) is 21.0. The van der Waals surface area contributed by atoms with Gasteiger partial charge in [0.1, 0.15) is 0 Å². The van der Waals surface area contributed by atoms with Crippen LogP contribution in [0.15, 0.2) is 12.2 Å². The molecular formula is C6H3Cl5O3. The van der Waals surface area contributed by atoms with Crippen molar-refractivity contribution in [3.63, 3.8) is 0 Å². The van der Waals surface area contributed by atoms with E-state index < -0.39 is 20.6 Å². The molecule has 80 valence electrons. The molecule has 0 amide bonds. The van der Waals surface area contributed by atoms with Gasteiger partial charge in [0.05, 0.1) is 0 Å². The lowest BCUT2D eigenvalue weighted by molar-refractivity contribution is -0.139. The molecule has 0 spiro atoms. The molecule has 0 radical (unpaired) electrons. The number of carbonyl (C=O) groups excluding carboxylic acids is 2. The van der Waals surface area contributed by atoms with Crippen LogP contribution in [0.2, 0.25) is 0 Å². The summed E-state index contributed by atoms with van der Waals surface area (Å²) in [6, 6.07) is 0. The predicted octanol–water partition coefficient (Wildman–Crippen LogP) is 2.79. The van der Waals surface area contributed by atoms with Crippen LogP contribution in [0.25, 0.3) is 0 Å². The Hall–Kier alpha value is 0.330. The minimum Gasteiger partial charge on any atom is -0.438 e. The average molecular weight is 300 g/mol.